The topological polar surface area (TPSA) is 85.7 Å². The van der Waals surface area contributed by atoms with Crippen molar-refractivity contribution in [2.24, 2.45) is 5.11 Å². The lowest BCUT2D eigenvalue weighted by molar-refractivity contribution is -0.298. The number of fused-ring (bicyclic) bond motifs is 1. The minimum atomic E-state index is -0.529. The molecule has 2 aromatic rings. The maximum atomic E-state index is 9.15. The highest BCUT2D eigenvalue weighted by Gasteiger charge is 2.50. The Morgan fingerprint density at radius 1 is 1.07 bits per heavy atom. The Bertz CT molecular complexity index is 819. The van der Waals surface area contributed by atoms with Gasteiger partial charge in [0.25, 0.3) is 0 Å². The highest BCUT2D eigenvalue weighted by atomic mass is 32.2. The molecule has 3 unspecified atom stereocenters. The van der Waals surface area contributed by atoms with Crippen molar-refractivity contribution in [3.05, 3.63) is 76.7 Å². The summed E-state index contributed by atoms with van der Waals surface area (Å²) in [6.45, 7) is 0.351. The molecule has 4 rings (SSSR count). The SMILES string of the molecule is COC1[C@@H](N=[N+]=[N-])[C@H]2OC(c3ccccc3)OCC2O[C@H]1Sc1ccccc1. The van der Waals surface area contributed by atoms with E-state index >= 15 is 0 Å². The number of hydrogen-bond donors (Lipinski definition) is 0. The lowest BCUT2D eigenvalue weighted by atomic mass is 9.96. The van der Waals surface area contributed by atoms with Crippen LogP contribution < -0.4 is 0 Å². The van der Waals surface area contributed by atoms with E-state index in [9.17, 15) is 0 Å². The molecule has 2 fully saturated rings. The Morgan fingerprint density at radius 3 is 2.46 bits per heavy atom. The Morgan fingerprint density at radius 2 is 1.79 bits per heavy atom. The molecule has 0 amide bonds. The van der Waals surface area contributed by atoms with Gasteiger partial charge in [-0.05, 0) is 17.7 Å². The molecule has 146 valence electrons. The first-order valence-electron chi connectivity index (χ1n) is 9.06. The number of hydrogen-bond acceptors (Lipinski definition) is 6. The van der Waals surface area contributed by atoms with E-state index in [1.165, 1.54) is 11.8 Å². The third kappa shape index (κ3) is 4.03. The fourth-order valence-corrected chi connectivity index (χ4v) is 4.70. The van der Waals surface area contributed by atoms with Crippen LogP contribution in [0.1, 0.15) is 11.9 Å². The molecule has 2 aliphatic heterocycles. The summed E-state index contributed by atoms with van der Waals surface area (Å²) in [5.41, 5.74) is 9.72. The number of rotatable bonds is 5. The zero-order chi connectivity index (χ0) is 19.3. The predicted molar refractivity (Wildman–Crippen MR) is 105 cm³/mol. The van der Waals surface area contributed by atoms with Gasteiger partial charge < -0.3 is 18.9 Å². The highest BCUT2D eigenvalue weighted by Crippen LogP contribution is 2.40. The molecule has 28 heavy (non-hydrogen) atoms. The minimum absolute atomic E-state index is 0.343. The fraction of sp³-hybridized carbons (Fsp3) is 0.400. The van der Waals surface area contributed by atoms with E-state index in [2.05, 4.69) is 10.0 Å². The molecule has 0 aromatic heterocycles. The van der Waals surface area contributed by atoms with Gasteiger partial charge in [0.15, 0.2) is 6.29 Å². The van der Waals surface area contributed by atoms with Crippen LogP contribution in [-0.2, 0) is 18.9 Å². The number of ether oxygens (including phenoxy) is 4. The van der Waals surface area contributed by atoms with E-state index in [0.29, 0.717) is 6.61 Å². The summed E-state index contributed by atoms with van der Waals surface area (Å²) >= 11 is 1.54. The van der Waals surface area contributed by atoms with Gasteiger partial charge in [-0.15, -0.1) is 0 Å². The van der Waals surface area contributed by atoms with Crippen LogP contribution in [0.15, 0.2) is 70.7 Å². The van der Waals surface area contributed by atoms with Crippen LogP contribution >= 0.6 is 11.8 Å². The normalized spacial score (nSPS) is 32.2. The summed E-state index contributed by atoms with van der Waals surface area (Å²) < 4.78 is 24.0. The van der Waals surface area contributed by atoms with Crippen molar-refractivity contribution >= 4 is 11.8 Å². The van der Waals surface area contributed by atoms with Crippen molar-refractivity contribution in [1.82, 2.24) is 0 Å². The minimum Gasteiger partial charge on any atom is -0.377 e. The zero-order valence-electron chi connectivity index (χ0n) is 15.3. The summed E-state index contributed by atoms with van der Waals surface area (Å²) in [5.74, 6) is 0. The fourth-order valence-electron chi connectivity index (χ4n) is 3.52. The predicted octanol–water partition coefficient (Wildman–Crippen LogP) is 4.31. The Labute approximate surface area is 167 Å². The Balaban J connectivity index is 1.57. The van der Waals surface area contributed by atoms with Gasteiger partial charge in [-0.25, -0.2) is 0 Å². The van der Waals surface area contributed by atoms with E-state index in [1.54, 1.807) is 7.11 Å². The zero-order valence-corrected chi connectivity index (χ0v) is 16.1. The smallest absolute Gasteiger partial charge is 0.184 e. The van der Waals surface area contributed by atoms with Crippen molar-refractivity contribution in [2.75, 3.05) is 13.7 Å². The molecule has 2 aromatic carbocycles. The van der Waals surface area contributed by atoms with Crippen LogP contribution in [-0.4, -0.2) is 43.5 Å². The third-order valence-electron chi connectivity index (χ3n) is 4.83. The molecule has 0 aliphatic carbocycles. The van der Waals surface area contributed by atoms with E-state index in [1.807, 2.05) is 60.7 Å². The molecular formula is C20H21N3O4S. The second kappa shape index (κ2) is 8.96. The van der Waals surface area contributed by atoms with Gasteiger partial charge in [0.2, 0.25) is 0 Å². The van der Waals surface area contributed by atoms with Crippen LogP contribution in [0.5, 0.6) is 0 Å². The molecule has 8 heteroatoms. The maximum absolute atomic E-state index is 9.15. The maximum Gasteiger partial charge on any atom is 0.184 e. The van der Waals surface area contributed by atoms with Gasteiger partial charge in [-0.3, -0.25) is 0 Å². The molecule has 2 saturated heterocycles. The Hall–Kier alpha value is -2.06. The van der Waals surface area contributed by atoms with Crippen molar-refractivity contribution in [3.8, 4) is 0 Å². The molecule has 7 nitrogen and oxygen atoms in total. The quantitative estimate of drug-likeness (QED) is 0.425. The second-order valence-corrected chi connectivity index (χ2v) is 7.72. The van der Waals surface area contributed by atoms with Crippen LogP contribution in [0.25, 0.3) is 10.4 Å². The molecule has 2 aliphatic rings. The number of thioether (sulfide) groups is 1. The second-order valence-electron chi connectivity index (χ2n) is 6.55. The number of benzene rings is 2. The van der Waals surface area contributed by atoms with Gasteiger partial charge in [-0.2, -0.15) is 0 Å². The molecule has 0 spiro atoms. The third-order valence-corrected chi connectivity index (χ3v) is 5.99. The summed E-state index contributed by atoms with van der Waals surface area (Å²) in [4.78, 5) is 4.10. The van der Waals surface area contributed by atoms with Crippen LogP contribution in [0.2, 0.25) is 0 Å². The molecular weight excluding hydrogens is 378 g/mol. The molecule has 6 atom stereocenters. The average Bonchev–Trinajstić information content (AvgIpc) is 2.75. The van der Waals surface area contributed by atoms with Crippen molar-refractivity contribution in [3.63, 3.8) is 0 Å². The van der Waals surface area contributed by atoms with Gasteiger partial charge in [-0.1, -0.05) is 65.4 Å². The highest BCUT2D eigenvalue weighted by molar-refractivity contribution is 7.99. The van der Waals surface area contributed by atoms with E-state index in [-0.39, 0.29) is 11.5 Å². The molecule has 2 heterocycles. The monoisotopic (exact) mass is 399 g/mol. The largest absolute Gasteiger partial charge is 0.377 e. The van der Waals surface area contributed by atoms with Crippen LogP contribution in [0, 0.1) is 0 Å². The van der Waals surface area contributed by atoms with Crippen molar-refractivity contribution in [2.45, 2.75) is 41.0 Å². The van der Waals surface area contributed by atoms with Gasteiger partial charge >= 0.3 is 0 Å². The summed E-state index contributed by atoms with van der Waals surface area (Å²) in [6.07, 6.45) is -1.77. The van der Waals surface area contributed by atoms with Crippen molar-refractivity contribution < 1.29 is 18.9 Å². The van der Waals surface area contributed by atoms with Gasteiger partial charge in [0.05, 0.1) is 12.6 Å². The van der Waals surface area contributed by atoms with Crippen LogP contribution in [0.4, 0.5) is 0 Å². The first-order valence-corrected chi connectivity index (χ1v) is 9.94. The lowest BCUT2D eigenvalue weighted by Crippen LogP contribution is -2.60. The molecule has 0 N–H and O–H groups in total. The number of azide groups is 1. The Kier molecular flexibility index (Phi) is 6.17. The summed E-state index contributed by atoms with van der Waals surface area (Å²) in [6, 6.07) is 19.1. The summed E-state index contributed by atoms with van der Waals surface area (Å²) in [7, 11) is 1.60. The lowest BCUT2D eigenvalue weighted by Gasteiger charge is -2.47. The molecule has 0 radical (unpaired) electrons. The molecule has 0 saturated carbocycles. The van der Waals surface area contributed by atoms with Gasteiger partial charge in [0, 0.05) is 22.5 Å². The first kappa shape index (κ1) is 19.3. The summed E-state index contributed by atoms with van der Waals surface area (Å²) in [5, 5.41) is 4.02. The van der Waals surface area contributed by atoms with Crippen molar-refractivity contribution in [1.29, 1.82) is 0 Å². The first-order chi connectivity index (χ1) is 13.8. The number of nitrogens with zero attached hydrogens (tertiary/aromatic N) is 3. The van der Waals surface area contributed by atoms with E-state index < -0.39 is 24.5 Å². The van der Waals surface area contributed by atoms with Crippen LogP contribution in [0.3, 0.4) is 0 Å². The van der Waals surface area contributed by atoms with E-state index in [0.717, 1.165) is 10.5 Å². The standard InChI is InChI=1S/C20H21N3O4S/c1-24-18-16(22-23-21)17-15(26-20(18)28-14-10-6-3-7-11-14)12-25-19(27-17)13-8-4-2-5-9-13/h2-11,15-20H,12H2,1H3/t15?,16-,17-,18?,19?,20-/m0/s1. The molecule has 0 bridgehead atoms. The van der Waals surface area contributed by atoms with E-state index in [4.69, 9.17) is 24.5 Å². The number of methoxy groups -OCH3 is 1. The average molecular weight is 399 g/mol. The van der Waals surface area contributed by atoms with Gasteiger partial charge in [0.1, 0.15) is 23.7 Å².